The maximum atomic E-state index is 13.1. The SMILES string of the molecule is C/C(=C\c1ccccc1)[C@H]1NC(=O)[C@@H](C)[C@@H](C)[C@@H]1C(=O)N1CCOC1=O. The normalized spacial score (nSPS) is 29.3. The number of hydrogen-bond acceptors (Lipinski definition) is 4. The van der Waals surface area contributed by atoms with Gasteiger partial charge in [-0.25, -0.2) is 9.69 Å². The van der Waals surface area contributed by atoms with Crippen molar-refractivity contribution in [1.82, 2.24) is 10.2 Å². The molecule has 0 aromatic heterocycles. The first-order chi connectivity index (χ1) is 12.4. The van der Waals surface area contributed by atoms with Gasteiger partial charge < -0.3 is 10.1 Å². The summed E-state index contributed by atoms with van der Waals surface area (Å²) in [6, 6.07) is 9.29. The van der Waals surface area contributed by atoms with E-state index in [9.17, 15) is 14.4 Å². The summed E-state index contributed by atoms with van der Waals surface area (Å²) < 4.78 is 4.92. The van der Waals surface area contributed by atoms with Gasteiger partial charge in [-0.1, -0.05) is 50.3 Å². The third kappa shape index (κ3) is 3.36. The van der Waals surface area contributed by atoms with Crippen LogP contribution in [0.3, 0.4) is 0 Å². The highest BCUT2D eigenvalue weighted by molar-refractivity contribution is 5.96. The lowest BCUT2D eigenvalue weighted by molar-refractivity contribution is -0.141. The van der Waals surface area contributed by atoms with Gasteiger partial charge in [0.05, 0.1) is 18.5 Å². The van der Waals surface area contributed by atoms with Crippen molar-refractivity contribution >= 4 is 24.0 Å². The summed E-state index contributed by atoms with van der Waals surface area (Å²) in [5.74, 6) is -1.35. The van der Waals surface area contributed by atoms with Crippen LogP contribution in [0.2, 0.25) is 0 Å². The summed E-state index contributed by atoms with van der Waals surface area (Å²) in [5.41, 5.74) is 1.88. The molecule has 1 N–H and O–H groups in total. The number of piperidine rings is 1. The third-order valence-electron chi connectivity index (χ3n) is 5.42. The van der Waals surface area contributed by atoms with Gasteiger partial charge in [0, 0.05) is 5.92 Å². The van der Waals surface area contributed by atoms with Crippen LogP contribution in [0, 0.1) is 17.8 Å². The van der Waals surface area contributed by atoms with Gasteiger partial charge in [-0.3, -0.25) is 9.59 Å². The molecule has 0 aliphatic carbocycles. The number of benzene rings is 1. The van der Waals surface area contributed by atoms with E-state index in [-0.39, 0.29) is 36.8 Å². The fraction of sp³-hybridized carbons (Fsp3) is 0.450. The van der Waals surface area contributed by atoms with E-state index in [1.54, 1.807) is 0 Å². The molecular formula is C20H24N2O4. The molecule has 6 heteroatoms. The molecule has 1 aromatic carbocycles. The predicted octanol–water partition coefficient (Wildman–Crippen LogP) is 2.46. The Balaban J connectivity index is 1.93. The highest BCUT2D eigenvalue weighted by Gasteiger charge is 2.47. The van der Waals surface area contributed by atoms with Gasteiger partial charge in [0.2, 0.25) is 11.8 Å². The summed E-state index contributed by atoms with van der Waals surface area (Å²) in [7, 11) is 0. The maximum Gasteiger partial charge on any atom is 0.416 e. The van der Waals surface area contributed by atoms with E-state index in [4.69, 9.17) is 4.74 Å². The van der Waals surface area contributed by atoms with Crippen molar-refractivity contribution in [1.29, 1.82) is 0 Å². The van der Waals surface area contributed by atoms with E-state index in [1.807, 2.05) is 57.2 Å². The van der Waals surface area contributed by atoms with Crippen molar-refractivity contribution in [3.63, 3.8) is 0 Å². The molecule has 4 atom stereocenters. The minimum absolute atomic E-state index is 0.0728. The smallest absolute Gasteiger partial charge is 0.416 e. The van der Waals surface area contributed by atoms with Crippen LogP contribution in [0.4, 0.5) is 4.79 Å². The van der Waals surface area contributed by atoms with Crippen LogP contribution in [-0.2, 0) is 14.3 Å². The predicted molar refractivity (Wildman–Crippen MR) is 96.9 cm³/mol. The standard InChI is InChI=1S/C20H24N2O4/c1-12(11-15-7-5-4-6-8-15)17-16(13(2)14(3)18(23)21-17)19(24)22-9-10-26-20(22)25/h4-8,11,13-14,16-17H,9-10H2,1-3H3,(H,21,23)/b12-11+/t13-,14+,16+,17-/m1/s1. The zero-order chi connectivity index (χ0) is 18.8. The summed E-state index contributed by atoms with van der Waals surface area (Å²) >= 11 is 0. The lowest BCUT2D eigenvalue weighted by Crippen LogP contribution is -2.58. The summed E-state index contributed by atoms with van der Waals surface area (Å²) in [4.78, 5) is 38.5. The number of ether oxygens (including phenoxy) is 1. The van der Waals surface area contributed by atoms with Gasteiger partial charge >= 0.3 is 6.09 Å². The lowest BCUT2D eigenvalue weighted by atomic mass is 9.73. The molecule has 0 saturated carbocycles. The fourth-order valence-electron chi connectivity index (χ4n) is 3.67. The second kappa shape index (κ2) is 7.32. The van der Waals surface area contributed by atoms with Gasteiger partial charge in [-0.15, -0.1) is 0 Å². The average Bonchev–Trinajstić information content (AvgIpc) is 3.05. The van der Waals surface area contributed by atoms with Crippen LogP contribution in [0.5, 0.6) is 0 Å². The average molecular weight is 356 g/mol. The number of carbonyl (C=O) groups excluding carboxylic acids is 3. The van der Waals surface area contributed by atoms with E-state index in [1.165, 1.54) is 0 Å². The minimum atomic E-state index is -0.602. The molecular weight excluding hydrogens is 332 g/mol. The molecule has 26 heavy (non-hydrogen) atoms. The second-order valence-corrected chi connectivity index (χ2v) is 7.06. The molecule has 2 saturated heterocycles. The Kier molecular flexibility index (Phi) is 5.11. The Morgan fingerprint density at radius 1 is 1.23 bits per heavy atom. The molecule has 6 nitrogen and oxygen atoms in total. The number of cyclic esters (lactones) is 1. The van der Waals surface area contributed by atoms with Crippen molar-refractivity contribution in [2.75, 3.05) is 13.2 Å². The number of imide groups is 1. The van der Waals surface area contributed by atoms with Crippen LogP contribution < -0.4 is 5.32 Å². The molecule has 0 spiro atoms. The van der Waals surface area contributed by atoms with E-state index >= 15 is 0 Å². The third-order valence-corrected chi connectivity index (χ3v) is 5.42. The summed E-state index contributed by atoms with van der Waals surface area (Å²) in [5, 5.41) is 2.98. The van der Waals surface area contributed by atoms with Gasteiger partial charge in [0.25, 0.3) is 0 Å². The summed E-state index contributed by atoms with van der Waals surface area (Å²) in [6.45, 7) is 6.10. The number of carbonyl (C=O) groups is 3. The molecule has 2 aliphatic rings. The molecule has 0 radical (unpaired) electrons. The summed E-state index contributed by atoms with van der Waals surface area (Å²) in [6.07, 6.45) is 1.37. The van der Waals surface area contributed by atoms with Crippen molar-refractivity contribution < 1.29 is 19.1 Å². The molecule has 3 amide bonds. The molecule has 138 valence electrons. The largest absolute Gasteiger partial charge is 0.447 e. The van der Waals surface area contributed by atoms with E-state index in [0.29, 0.717) is 0 Å². The molecule has 1 aromatic rings. The Labute approximate surface area is 153 Å². The molecule has 0 bridgehead atoms. The topological polar surface area (TPSA) is 75.7 Å². The first-order valence-electron chi connectivity index (χ1n) is 8.92. The quantitative estimate of drug-likeness (QED) is 0.903. The molecule has 0 unspecified atom stereocenters. The van der Waals surface area contributed by atoms with Crippen molar-refractivity contribution in [3.05, 3.63) is 41.5 Å². The number of nitrogens with zero attached hydrogens (tertiary/aromatic N) is 1. The number of amides is 3. The van der Waals surface area contributed by atoms with Gasteiger partial charge in [0.15, 0.2) is 0 Å². The van der Waals surface area contributed by atoms with Gasteiger partial charge in [0.1, 0.15) is 6.61 Å². The Morgan fingerprint density at radius 3 is 2.54 bits per heavy atom. The van der Waals surface area contributed by atoms with Crippen LogP contribution in [0.15, 0.2) is 35.9 Å². The Morgan fingerprint density at radius 2 is 1.92 bits per heavy atom. The number of rotatable bonds is 3. The highest BCUT2D eigenvalue weighted by Crippen LogP contribution is 2.34. The van der Waals surface area contributed by atoms with Crippen LogP contribution in [0.1, 0.15) is 26.3 Å². The van der Waals surface area contributed by atoms with Crippen molar-refractivity contribution in [3.8, 4) is 0 Å². The molecule has 2 fully saturated rings. The van der Waals surface area contributed by atoms with E-state index < -0.39 is 18.1 Å². The number of hydrogen-bond donors (Lipinski definition) is 1. The Hall–Kier alpha value is -2.63. The first-order valence-corrected chi connectivity index (χ1v) is 8.92. The van der Waals surface area contributed by atoms with Crippen LogP contribution in [0.25, 0.3) is 6.08 Å². The van der Waals surface area contributed by atoms with E-state index in [2.05, 4.69) is 5.32 Å². The fourth-order valence-corrected chi connectivity index (χ4v) is 3.67. The van der Waals surface area contributed by atoms with Crippen molar-refractivity contribution in [2.24, 2.45) is 17.8 Å². The maximum absolute atomic E-state index is 13.1. The molecule has 2 aliphatic heterocycles. The van der Waals surface area contributed by atoms with Crippen molar-refractivity contribution in [2.45, 2.75) is 26.8 Å². The minimum Gasteiger partial charge on any atom is -0.447 e. The second-order valence-electron chi connectivity index (χ2n) is 7.06. The monoisotopic (exact) mass is 356 g/mol. The van der Waals surface area contributed by atoms with Gasteiger partial charge in [-0.05, 0) is 24.0 Å². The lowest BCUT2D eigenvalue weighted by Gasteiger charge is -2.40. The highest BCUT2D eigenvalue weighted by atomic mass is 16.6. The molecule has 3 rings (SSSR count). The number of nitrogens with one attached hydrogen (secondary N) is 1. The first kappa shape index (κ1) is 18.2. The Bertz CT molecular complexity index is 743. The van der Waals surface area contributed by atoms with Crippen LogP contribution >= 0.6 is 0 Å². The van der Waals surface area contributed by atoms with Gasteiger partial charge in [-0.2, -0.15) is 0 Å². The van der Waals surface area contributed by atoms with E-state index in [0.717, 1.165) is 16.0 Å². The van der Waals surface area contributed by atoms with Crippen LogP contribution in [-0.4, -0.2) is 42.0 Å². The zero-order valence-electron chi connectivity index (χ0n) is 15.3. The molecule has 2 heterocycles. The zero-order valence-corrected chi connectivity index (χ0v) is 15.3.